The summed E-state index contributed by atoms with van der Waals surface area (Å²) >= 11 is 1.26. The lowest BCUT2D eigenvalue weighted by molar-refractivity contribution is 0.600. The van der Waals surface area contributed by atoms with E-state index in [9.17, 15) is 4.39 Å². The van der Waals surface area contributed by atoms with Crippen LogP contribution in [0.25, 0.3) is 0 Å². The first-order valence-corrected chi connectivity index (χ1v) is 5.33. The van der Waals surface area contributed by atoms with Gasteiger partial charge in [0.2, 0.25) is 0 Å². The van der Waals surface area contributed by atoms with E-state index in [1.807, 2.05) is 13.0 Å². The summed E-state index contributed by atoms with van der Waals surface area (Å²) < 4.78 is 17.1. The van der Waals surface area contributed by atoms with Crippen LogP contribution in [0.5, 0.6) is 0 Å². The molecule has 1 aromatic carbocycles. The Morgan fingerprint density at radius 3 is 2.87 bits per heavy atom. The number of hydrogen-bond acceptors (Lipinski definition) is 4. The van der Waals surface area contributed by atoms with Gasteiger partial charge in [-0.1, -0.05) is 22.7 Å². The summed E-state index contributed by atoms with van der Waals surface area (Å²) in [6.07, 6.45) is 1.63. The second-order valence-corrected chi connectivity index (χ2v) is 3.95. The summed E-state index contributed by atoms with van der Waals surface area (Å²) in [6.45, 7) is 1.90. The summed E-state index contributed by atoms with van der Waals surface area (Å²) in [5.41, 5.74) is 0.644. The van der Waals surface area contributed by atoms with Gasteiger partial charge in [0.15, 0.2) is 0 Å². The van der Waals surface area contributed by atoms with Gasteiger partial charge in [-0.15, -0.1) is 5.10 Å². The normalized spacial score (nSPS) is 12.4. The third kappa shape index (κ3) is 2.30. The molecule has 1 unspecified atom stereocenters. The van der Waals surface area contributed by atoms with Crippen molar-refractivity contribution >= 4 is 16.5 Å². The molecule has 0 radical (unpaired) electrons. The van der Waals surface area contributed by atoms with Gasteiger partial charge >= 0.3 is 0 Å². The average molecular weight is 223 g/mol. The predicted molar refractivity (Wildman–Crippen MR) is 58.3 cm³/mol. The highest BCUT2D eigenvalue weighted by molar-refractivity contribution is 7.09. The Balaban J connectivity index is 2.15. The summed E-state index contributed by atoms with van der Waals surface area (Å²) in [4.78, 5) is 0. The molecule has 0 fully saturated rings. The Bertz CT molecular complexity index is 430. The van der Waals surface area contributed by atoms with Crippen molar-refractivity contribution in [1.82, 2.24) is 9.59 Å². The van der Waals surface area contributed by atoms with Crippen LogP contribution >= 0.6 is 11.5 Å². The Hall–Kier alpha value is -1.49. The number of aromatic nitrogens is 2. The molecule has 0 amide bonds. The zero-order valence-corrected chi connectivity index (χ0v) is 8.96. The van der Waals surface area contributed by atoms with Crippen LogP contribution in [0.4, 0.5) is 9.39 Å². The van der Waals surface area contributed by atoms with Gasteiger partial charge in [0.25, 0.3) is 0 Å². The van der Waals surface area contributed by atoms with Crippen molar-refractivity contribution in [2.45, 2.75) is 13.0 Å². The predicted octanol–water partition coefficient (Wildman–Crippen LogP) is 2.85. The minimum absolute atomic E-state index is 0.0894. The van der Waals surface area contributed by atoms with Crippen LogP contribution in [0.1, 0.15) is 18.5 Å². The number of rotatable bonds is 3. The molecule has 1 heterocycles. The lowest BCUT2D eigenvalue weighted by atomic mass is 10.1. The van der Waals surface area contributed by atoms with E-state index in [0.29, 0.717) is 5.56 Å². The zero-order chi connectivity index (χ0) is 10.7. The Morgan fingerprint density at radius 1 is 1.40 bits per heavy atom. The molecule has 1 aromatic heterocycles. The second kappa shape index (κ2) is 4.35. The standard InChI is InChI=1S/C10H10FN3S/c1-7(13-10-6-12-14-15-10)8-4-2-3-5-9(8)11/h2-7,13H,1H3. The first-order chi connectivity index (χ1) is 7.27. The van der Waals surface area contributed by atoms with E-state index in [-0.39, 0.29) is 11.9 Å². The molecule has 0 aliphatic rings. The van der Waals surface area contributed by atoms with E-state index in [1.165, 1.54) is 17.6 Å². The van der Waals surface area contributed by atoms with Crippen LogP contribution < -0.4 is 5.32 Å². The third-order valence-electron chi connectivity index (χ3n) is 2.09. The van der Waals surface area contributed by atoms with Crippen LogP contribution in [-0.2, 0) is 0 Å². The summed E-state index contributed by atoms with van der Waals surface area (Å²) in [7, 11) is 0. The quantitative estimate of drug-likeness (QED) is 0.869. The molecule has 3 nitrogen and oxygen atoms in total. The Labute approximate surface area is 91.1 Å². The highest BCUT2D eigenvalue weighted by Gasteiger charge is 2.10. The van der Waals surface area contributed by atoms with E-state index in [0.717, 1.165) is 5.00 Å². The van der Waals surface area contributed by atoms with Crippen LogP contribution in [0, 0.1) is 5.82 Å². The molecule has 2 aromatic rings. The number of halogens is 1. The molecule has 1 N–H and O–H groups in total. The highest BCUT2D eigenvalue weighted by atomic mass is 32.1. The molecule has 0 bridgehead atoms. The van der Waals surface area contributed by atoms with Gasteiger partial charge in [-0.25, -0.2) is 4.39 Å². The van der Waals surface area contributed by atoms with E-state index in [4.69, 9.17) is 0 Å². The Morgan fingerprint density at radius 2 is 2.20 bits per heavy atom. The average Bonchev–Trinajstić information content (AvgIpc) is 2.71. The topological polar surface area (TPSA) is 37.8 Å². The van der Waals surface area contributed by atoms with Gasteiger partial charge in [0, 0.05) is 17.1 Å². The lowest BCUT2D eigenvalue weighted by Gasteiger charge is -2.13. The van der Waals surface area contributed by atoms with Crippen molar-refractivity contribution in [2.75, 3.05) is 5.32 Å². The summed E-state index contributed by atoms with van der Waals surface area (Å²) in [6, 6.07) is 6.63. The van der Waals surface area contributed by atoms with E-state index in [2.05, 4.69) is 14.9 Å². The largest absolute Gasteiger partial charge is 0.368 e. The first-order valence-electron chi connectivity index (χ1n) is 4.55. The fourth-order valence-corrected chi connectivity index (χ4v) is 1.85. The van der Waals surface area contributed by atoms with Crippen molar-refractivity contribution in [3.8, 4) is 0 Å². The molecule has 15 heavy (non-hydrogen) atoms. The van der Waals surface area contributed by atoms with Gasteiger partial charge in [-0.05, 0) is 13.0 Å². The van der Waals surface area contributed by atoms with E-state index in [1.54, 1.807) is 18.3 Å². The monoisotopic (exact) mass is 223 g/mol. The van der Waals surface area contributed by atoms with Gasteiger partial charge in [0.1, 0.15) is 10.8 Å². The molecule has 0 saturated heterocycles. The van der Waals surface area contributed by atoms with E-state index >= 15 is 0 Å². The minimum atomic E-state index is -0.199. The van der Waals surface area contributed by atoms with Crippen molar-refractivity contribution in [1.29, 1.82) is 0 Å². The Kier molecular flexibility index (Phi) is 2.91. The molecule has 5 heteroatoms. The number of hydrogen-bond donors (Lipinski definition) is 1. The maximum absolute atomic E-state index is 13.4. The third-order valence-corrected chi connectivity index (χ3v) is 2.69. The number of nitrogens with zero attached hydrogens (tertiary/aromatic N) is 2. The number of anilines is 1. The molecule has 0 aliphatic carbocycles. The van der Waals surface area contributed by atoms with Crippen LogP contribution in [0.15, 0.2) is 30.5 Å². The van der Waals surface area contributed by atoms with Gasteiger partial charge in [0.05, 0.1) is 12.2 Å². The smallest absolute Gasteiger partial charge is 0.130 e. The fraction of sp³-hybridized carbons (Fsp3) is 0.200. The van der Waals surface area contributed by atoms with E-state index < -0.39 is 0 Å². The molecule has 0 aliphatic heterocycles. The van der Waals surface area contributed by atoms with Crippen molar-refractivity contribution in [3.05, 3.63) is 41.8 Å². The second-order valence-electron chi connectivity index (χ2n) is 3.17. The van der Waals surface area contributed by atoms with Gasteiger partial charge in [-0.2, -0.15) is 0 Å². The highest BCUT2D eigenvalue weighted by Crippen LogP contribution is 2.22. The van der Waals surface area contributed by atoms with Crippen molar-refractivity contribution < 1.29 is 4.39 Å². The molecule has 0 saturated carbocycles. The molecular weight excluding hydrogens is 213 g/mol. The van der Waals surface area contributed by atoms with Crippen LogP contribution in [-0.4, -0.2) is 9.59 Å². The summed E-state index contributed by atoms with van der Waals surface area (Å²) in [5, 5.41) is 7.67. The molecule has 78 valence electrons. The lowest BCUT2D eigenvalue weighted by Crippen LogP contribution is -2.07. The number of nitrogens with one attached hydrogen (secondary N) is 1. The SMILES string of the molecule is CC(Nc1cnns1)c1ccccc1F. The maximum atomic E-state index is 13.4. The van der Waals surface area contributed by atoms with Gasteiger partial charge < -0.3 is 5.32 Å². The van der Waals surface area contributed by atoms with Crippen molar-refractivity contribution in [2.24, 2.45) is 0 Å². The van der Waals surface area contributed by atoms with Crippen molar-refractivity contribution in [3.63, 3.8) is 0 Å². The first kappa shape index (κ1) is 10.0. The maximum Gasteiger partial charge on any atom is 0.130 e. The van der Waals surface area contributed by atoms with Crippen LogP contribution in [0.3, 0.4) is 0 Å². The molecule has 2 rings (SSSR count). The summed E-state index contributed by atoms with van der Waals surface area (Å²) in [5.74, 6) is -0.199. The molecule has 1 atom stereocenters. The zero-order valence-electron chi connectivity index (χ0n) is 8.14. The molecule has 0 spiro atoms. The minimum Gasteiger partial charge on any atom is -0.368 e. The fourth-order valence-electron chi connectivity index (χ4n) is 1.35. The number of benzene rings is 1. The van der Waals surface area contributed by atoms with Gasteiger partial charge in [-0.3, -0.25) is 0 Å². The van der Waals surface area contributed by atoms with Crippen LogP contribution in [0.2, 0.25) is 0 Å². The molecular formula is C10H10FN3S.